The monoisotopic (exact) mass is 299 g/mol. The second-order valence-corrected chi connectivity index (χ2v) is 5.17. The third kappa shape index (κ3) is 6.31. The molecule has 0 aliphatic rings. The van der Waals surface area contributed by atoms with Crippen LogP contribution in [-0.4, -0.2) is 19.1 Å². The topological polar surface area (TPSA) is 38.3 Å². The Morgan fingerprint density at radius 1 is 1.47 bits per heavy atom. The second-order valence-electron chi connectivity index (χ2n) is 4.25. The van der Waals surface area contributed by atoms with Crippen molar-refractivity contribution in [2.45, 2.75) is 20.3 Å². The number of benzene rings is 1. The van der Waals surface area contributed by atoms with Gasteiger partial charge in [0.1, 0.15) is 5.75 Å². The molecule has 1 aromatic rings. The predicted molar refractivity (Wildman–Crippen MR) is 72.1 cm³/mol. The van der Waals surface area contributed by atoms with Crippen molar-refractivity contribution in [2.24, 2.45) is 5.92 Å². The maximum Gasteiger partial charge on any atom is 0.223 e. The maximum atomic E-state index is 11.4. The number of carbonyl (C=O) groups is 1. The summed E-state index contributed by atoms with van der Waals surface area (Å²) in [6.07, 6.45) is 0.388. The molecule has 0 saturated carbocycles. The first-order chi connectivity index (χ1) is 8.08. The van der Waals surface area contributed by atoms with Gasteiger partial charge in [0.2, 0.25) is 5.91 Å². The number of hydrogen-bond acceptors (Lipinski definition) is 2. The van der Waals surface area contributed by atoms with Crippen molar-refractivity contribution in [1.82, 2.24) is 5.32 Å². The van der Waals surface area contributed by atoms with Crippen LogP contribution in [0.2, 0.25) is 0 Å². The van der Waals surface area contributed by atoms with Gasteiger partial charge >= 0.3 is 0 Å². The zero-order valence-corrected chi connectivity index (χ0v) is 11.8. The minimum atomic E-state index is 0.0358. The molecular weight excluding hydrogens is 282 g/mol. The van der Waals surface area contributed by atoms with Gasteiger partial charge in [-0.3, -0.25) is 4.79 Å². The van der Waals surface area contributed by atoms with E-state index in [4.69, 9.17) is 4.74 Å². The summed E-state index contributed by atoms with van der Waals surface area (Å²) in [4.78, 5) is 11.4. The number of rotatable bonds is 6. The highest BCUT2D eigenvalue weighted by Crippen LogP contribution is 2.17. The Bertz CT molecular complexity index is 366. The van der Waals surface area contributed by atoms with Crippen LogP contribution in [0.5, 0.6) is 5.75 Å². The van der Waals surface area contributed by atoms with Gasteiger partial charge in [-0.05, 0) is 24.1 Å². The van der Waals surface area contributed by atoms with Gasteiger partial charge in [-0.2, -0.15) is 0 Å². The normalized spacial score (nSPS) is 10.4. The number of halogens is 1. The zero-order chi connectivity index (χ0) is 12.7. The highest BCUT2D eigenvalue weighted by atomic mass is 79.9. The van der Waals surface area contributed by atoms with Crippen molar-refractivity contribution < 1.29 is 9.53 Å². The van der Waals surface area contributed by atoms with E-state index in [0.717, 1.165) is 16.8 Å². The standard InChI is InChI=1S/C13H18BrNO2/c1-10(2)9-15-13(16)6-7-17-12-5-3-4-11(14)8-12/h3-5,8,10H,6-7,9H2,1-2H3,(H,15,16). The van der Waals surface area contributed by atoms with E-state index >= 15 is 0 Å². The van der Waals surface area contributed by atoms with E-state index in [1.54, 1.807) is 0 Å². The Kier molecular flexibility index (Phi) is 6.05. The van der Waals surface area contributed by atoms with Gasteiger partial charge in [-0.15, -0.1) is 0 Å². The summed E-state index contributed by atoms with van der Waals surface area (Å²) in [5, 5.41) is 2.85. The Morgan fingerprint density at radius 2 is 2.24 bits per heavy atom. The average Bonchev–Trinajstić information content (AvgIpc) is 2.26. The van der Waals surface area contributed by atoms with E-state index in [1.807, 2.05) is 24.3 Å². The molecule has 0 spiro atoms. The van der Waals surface area contributed by atoms with Crippen molar-refractivity contribution in [1.29, 1.82) is 0 Å². The third-order valence-corrected chi connectivity index (χ3v) is 2.59. The van der Waals surface area contributed by atoms with E-state index in [0.29, 0.717) is 18.9 Å². The Hall–Kier alpha value is -1.03. The lowest BCUT2D eigenvalue weighted by Gasteiger charge is -2.08. The summed E-state index contributed by atoms with van der Waals surface area (Å²) in [5.74, 6) is 1.29. The summed E-state index contributed by atoms with van der Waals surface area (Å²) < 4.78 is 6.44. The van der Waals surface area contributed by atoms with Gasteiger partial charge in [0.15, 0.2) is 0 Å². The lowest BCUT2D eigenvalue weighted by Crippen LogP contribution is -2.28. The molecule has 0 radical (unpaired) electrons. The largest absolute Gasteiger partial charge is 0.493 e. The second kappa shape index (κ2) is 7.33. The molecule has 0 fully saturated rings. The van der Waals surface area contributed by atoms with Crippen LogP contribution in [0.4, 0.5) is 0 Å². The lowest BCUT2D eigenvalue weighted by molar-refractivity contribution is -0.121. The highest BCUT2D eigenvalue weighted by molar-refractivity contribution is 9.10. The summed E-state index contributed by atoms with van der Waals surface area (Å²) in [6, 6.07) is 7.59. The Labute approximate surface area is 111 Å². The molecule has 0 aliphatic heterocycles. The molecule has 94 valence electrons. The number of nitrogens with one attached hydrogen (secondary N) is 1. The van der Waals surface area contributed by atoms with E-state index in [9.17, 15) is 4.79 Å². The number of ether oxygens (including phenoxy) is 1. The van der Waals surface area contributed by atoms with Crippen LogP contribution in [0.25, 0.3) is 0 Å². The smallest absolute Gasteiger partial charge is 0.223 e. The predicted octanol–water partition coefficient (Wildman–Crippen LogP) is 2.99. The molecule has 0 unspecified atom stereocenters. The molecule has 0 heterocycles. The zero-order valence-electron chi connectivity index (χ0n) is 10.2. The Morgan fingerprint density at radius 3 is 2.88 bits per heavy atom. The van der Waals surface area contributed by atoms with Gasteiger partial charge in [0.25, 0.3) is 0 Å². The minimum absolute atomic E-state index is 0.0358. The number of amides is 1. The summed E-state index contributed by atoms with van der Waals surface area (Å²) >= 11 is 3.36. The van der Waals surface area contributed by atoms with Crippen molar-refractivity contribution >= 4 is 21.8 Å². The Balaban J connectivity index is 2.21. The van der Waals surface area contributed by atoms with Crippen LogP contribution in [0.15, 0.2) is 28.7 Å². The van der Waals surface area contributed by atoms with E-state index in [1.165, 1.54) is 0 Å². The van der Waals surface area contributed by atoms with Gasteiger partial charge in [-0.25, -0.2) is 0 Å². The summed E-state index contributed by atoms with van der Waals surface area (Å²) in [6.45, 7) is 5.26. The summed E-state index contributed by atoms with van der Waals surface area (Å²) in [5.41, 5.74) is 0. The van der Waals surface area contributed by atoms with Crippen LogP contribution >= 0.6 is 15.9 Å². The fourth-order valence-electron chi connectivity index (χ4n) is 1.22. The van der Waals surface area contributed by atoms with Gasteiger partial charge < -0.3 is 10.1 Å². The molecule has 1 aromatic carbocycles. The minimum Gasteiger partial charge on any atom is -0.493 e. The van der Waals surface area contributed by atoms with Gasteiger partial charge in [0, 0.05) is 11.0 Å². The van der Waals surface area contributed by atoms with Crippen molar-refractivity contribution in [3.63, 3.8) is 0 Å². The van der Waals surface area contributed by atoms with Gasteiger partial charge in [0.05, 0.1) is 13.0 Å². The van der Waals surface area contributed by atoms with Crippen LogP contribution in [0.1, 0.15) is 20.3 Å². The molecule has 1 rings (SSSR count). The van der Waals surface area contributed by atoms with Crippen LogP contribution in [0.3, 0.4) is 0 Å². The van der Waals surface area contributed by atoms with E-state index in [-0.39, 0.29) is 5.91 Å². The molecule has 0 aliphatic carbocycles. The number of hydrogen-bond donors (Lipinski definition) is 1. The van der Waals surface area contributed by atoms with Crippen LogP contribution < -0.4 is 10.1 Å². The van der Waals surface area contributed by atoms with Crippen molar-refractivity contribution in [2.75, 3.05) is 13.2 Å². The molecule has 4 heteroatoms. The van der Waals surface area contributed by atoms with E-state index < -0.39 is 0 Å². The molecule has 1 amide bonds. The first-order valence-corrected chi connectivity index (χ1v) is 6.52. The van der Waals surface area contributed by atoms with Crippen LogP contribution in [-0.2, 0) is 4.79 Å². The maximum absolute atomic E-state index is 11.4. The average molecular weight is 300 g/mol. The first-order valence-electron chi connectivity index (χ1n) is 5.73. The van der Waals surface area contributed by atoms with Crippen molar-refractivity contribution in [3.8, 4) is 5.75 Å². The highest BCUT2D eigenvalue weighted by Gasteiger charge is 2.02. The third-order valence-electron chi connectivity index (χ3n) is 2.10. The molecule has 17 heavy (non-hydrogen) atoms. The van der Waals surface area contributed by atoms with E-state index in [2.05, 4.69) is 35.1 Å². The fourth-order valence-corrected chi connectivity index (χ4v) is 1.60. The molecule has 3 nitrogen and oxygen atoms in total. The van der Waals surface area contributed by atoms with Gasteiger partial charge in [-0.1, -0.05) is 35.8 Å². The molecule has 1 N–H and O–H groups in total. The molecule has 0 saturated heterocycles. The molecule has 0 atom stereocenters. The first kappa shape index (κ1) is 14.0. The summed E-state index contributed by atoms with van der Waals surface area (Å²) in [7, 11) is 0. The van der Waals surface area contributed by atoms with Crippen LogP contribution in [0, 0.1) is 5.92 Å². The number of carbonyl (C=O) groups excluding carboxylic acids is 1. The SMILES string of the molecule is CC(C)CNC(=O)CCOc1cccc(Br)c1. The fraction of sp³-hybridized carbons (Fsp3) is 0.462. The quantitative estimate of drug-likeness (QED) is 0.877. The molecule has 0 bridgehead atoms. The van der Waals surface area contributed by atoms with Crippen molar-refractivity contribution in [3.05, 3.63) is 28.7 Å². The molecular formula is C13H18BrNO2. The lowest BCUT2D eigenvalue weighted by atomic mass is 10.2. The molecule has 0 aromatic heterocycles.